The summed E-state index contributed by atoms with van der Waals surface area (Å²) in [6, 6.07) is 7.91. The zero-order chi connectivity index (χ0) is 23.2. The number of nitrogens with zero attached hydrogens (tertiary/aromatic N) is 5. The Hall–Kier alpha value is -3.40. The van der Waals surface area contributed by atoms with E-state index in [9.17, 15) is 18.0 Å². The molecule has 0 bridgehead atoms. The van der Waals surface area contributed by atoms with Gasteiger partial charge in [-0.25, -0.2) is 9.97 Å². The van der Waals surface area contributed by atoms with E-state index in [2.05, 4.69) is 9.97 Å². The van der Waals surface area contributed by atoms with Crippen LogP contribution in [0.4, 0.5) is 19.0 Å². The third-order valence-corrected chi connectivity index (χ3v) is 6.54. The Morgan fingerprint density at radius 2 is 1.88 bits per heavy atom. The van der Waals surface area contributed by atoms with Crippen molar-refractivity contribution in [1.82, 2.24) is 19.4 Å². The molecule has 5 rings (SSSR count). The van der Waals surface area contributed by atoms with Gasteiger partial charge < -0.3 is 14.4 Å². The smallest absolute Gasteiger partial charge is 0.353 e. The fourth-order valence-electron chi connectivity index (χ4n) is 4.11. The van der Waals surface area contributed by atoms with E-state index in [1.165, 1.54) is 17.4 Å². The van der Waals surface area contributed by atoms with Gasteiger partial charge in [-0.05, 0) is 46.7 Å². The van der Waals surface area contributed by atoms with E-state index in [0.717, 1.165) is 11.6 Å². The number of alkyl halides is 3. The molecule has 1 fully saturated rings. The van der Waals surface area contributed by atoms with E-state index in [4.69, 9.17) is 0 Å². The van der Waals surface area contributed by atoms with Crippen LogP contribution in [0.5, 0.6) is 0 Å². The number of aromatic nitrogens is 3. The summed E-state index contributed by atoms with van der Waals surface area (Å²) in [7, 11) is 1.83. The van der Waals surface area contributed by atoms with Crippen molar-refractivity contribution in [2.75, 3.05) is 31.1 Å². The monoisotopic (exact) mass is 471 g/mol. The van der Waals surface area contributed by atoms with Gasteiger partial charge in [-0.3, -0.25) is 4.79 Å². The number of aryl methyl sites for hydroxylation is 1. The molecule has 1 aliphatic rings. The Bertz CT molecular complexity index is 1310. The topological polar surface area (TPSA) is 54.3 Å². The lowest BCUT2D eigenvalue weighted by atomic mass is 10.1. The van der Waals surface area contributed by atoms with Crippen molar-refractivity contribution >= 4 is 34.0 Å². The van der Waals surface area contributed by atoms with Crippen LogP contribution >= 0.6 is 11.3 Å². The highest BCUT2D eigenvalue weighted by Crippen LogP contribution is 2.36. The largest absolute Gasteiger partial charge is 0.433 e. The first kappa shape index (κ1) is 21.4. The number of hydrogen-bond donors (Lipinski definition) is 0. The quantitative estimate of drug-likeness (QED) is 0.436. The molecule has 1 saturated heterocycles. The Morgan fingerprint density at radius 1 is 1.09 bits per heavy atom. The summed E-state index contributed by atoms with van der Waals surface area (Å²) in [5.74, 6) is 0.542. The van der Waals surface area contributed by atoms with Crippen molar-refractivity contribution in [3.8, 4) is 11.1 Å². The molecule has 1 amide bonds. The van der Waals surface area contributed by atoms with E-state index in [1.54, 1.807) is 21.7 Å². The molecule has 10 heteroatoms. The van der Waals surface area contributed by atoms with Gasteiger partial charge in [0.05, 0.1) is 5.52 Å². The van der Waals surface area contributed by atoms with Crippen LogP contribution in [0.1, 0.15) is 16.2 Å². The molecule has 0 aromatic carbocycles. The van der Waals surface area contributed by atoms with Crippen LogP contribution in [0.25, 0.3) is 22.0 Å². The van der Waals surface area contributed by atoms with Gasteiger partial charge in [-0.15, -0.1) is 0 Å². The first-order valence-corrected chi connectivity index (χ1v) is 11.3. The molecular weight excluding hydrogens is 451 g/mol. The second kappa shape index (κ2) is 8.18. The number of piperazine rings is 1. The van der Waals surface area contributed by atoms with Crippen molar-refractivity contribution < 1.29 is 18.0 Å². The summed E-state index contributed by atoms with van der Waals surface area (Å²) < 4.78 is 41.9. The summed E-state index contributed by atoms with van der Waals surface area (Å²) >= 11 is 1.46. The lowest BCUT2D eigenvalue weighted by Gasteiger charge is -2.36. The minimum Gasteiger partial charge on any atom is -0.353 e. The number of thiophene rings is 1. The van der Waals surface area contributed by atoms with E-state index in [-0.39, 0.29) is 11.4 Å². The Morgan fingerprint density at radius 3 is 2.52 bits per heavy atom. The van der Waals surface area contributed by atoms with Gasteiger partial charge in [0.1, 0.15) is 17.2 Å². The number of rotatable bonds is 3. The number of amides is 1. The highest BCUT2D eigenvalue weighted by Gasteiger charge is 2.33. The third kappa shape index (κ3) is 3.95. The standard InChI is InChI=1S/C23H20F3N5OS/c1-29-7-2-3-18(29)22(32)31-10-8-30(9-11-31)21-16-4-5-19(23(24,25)26)28-20(16)17(13-27-21)15-6-12-33-14-15/h2-7,12-14H,8-11H2,1H3. The Balaban J connectivity index is 1.47. The molecule has 0 radical (unpaired) electrons. The van der Waals surface area contributed by atoms with Gasteiger partial charge in [-0.1, -0.05) is 0 Å². The van der Waals surface area contributed by atoms with Gasteiger partial charge in [0.2, 0.25) is 0 Å². The molecule has 6 nitrogen and oxygen atoms in total. The molecule has 0 unspecified atom stereocenters. The molecule has 5 heterocycles. The second-order valence-corrected chi connectivity index (χ2v) is 8.66. The van der Waals surface area contributed by atoms with Crippen LogP contribution < -0.4 is 4.90 Å². The fourth-order valence-corrected chi connectivity index (χ4v) is 4.76. The molecule has 33 heavy (non-hydrogen) atoms. The van der Waals surface area contributed by atoms with Crippen molar-refractivity contribution in [3.05, 3.63) is 64.9 Å². The molecule has 0 N–H and O–H groups in total. The van der Waals surface area contributed by atoms with Crippen LogP contribution in [0, 0.1) is 0 Å². The van der Waals surface area contributed by atoms with E-state index in [1.807, 2.05) is 41.0 Å². The fraction of sp³-hybridized carbons (Fsp3) is 0.261. The molecule has 0 atom stereocenters. The predicted octanol–water partition coefficient (Wildman–Crippen LogP) is 4.68. The maximum Gasteiger partial charge on any atom is 0.433 e. The minimum atomic E-state index is -4.54. The summed E-state index contributed by atoms with van der Waals surface area (Å²) in [5, 5.41) is 4.30. The van der Waals surface area contributed by atoms with Gasteiger partial charge >= 0.3 is 6.18 Å². The number of halogens is 3. The Kier molecular flexibility index (Phi) is 5.32. The normalized spacial score (nSPS) is 14.8. The van der Waals surface area contributed by atoms with Crippen LogP contribution in [-0.2, 0) is 13.2 Å². The maximum atomic E-state index is 13.4. The molecular formula is C23H20F3N5OS. The van der Waals surface area contributed by atoms with Crippen LogP contribution in [-0.4, -0.2) is 51.5 Å². The molecule has 1 aliphatic heterocycles. The zero-order valence-corrected chi connectivity index (χ0v) is 18.5. The average Bonchev–Trinajstić information content (AvgIpc) is 3.49. The summed E-state index contributed by atoms with van der Waals surface area (Å²) in [6.45, 7) is 2.04. The van der Waals surface area contributed by atoms with E-state index >= 15 is 0 Å². The second-order valence-electron chi connectivity index (χ2n) is 7.88. The molecule has 0 saturated carbocycles. The predicted molar refractivity (Wildman–Crippen MR) is 121 cm³/mol. The maximum absolute atomic E-state index is 13.4. The number of carbonyl (C=O) groups is 1. The zero-order valence-electron chi connectivity index (χ0n) is 17.7. The summed E-state index contributed by atoms with van der Waals surface area (Å²) in [4.78, 5) is 25.2. The molecule has 170 valence electrons. The highest BCUT2D eigenvalue weighted by atomic mass is 32.1. The number of carbonyl (C=O) groups excluding carboxylic acids is 1. The van der Waals surface area contributed by atoms with Crippen molar-refractivity contribution in [2.24, 2.45) is 7.05 Å². The minimum absolute atomic E-state index is 0.0377. The van der Waals surface area contributed by atoms with Crippen molar-refractivity contribution in [1.29, 1.82) is 0 Å². The number of hydrogen-bond acceptors (Lipinski definition) is 5. The van der Waals surface area contributed by atoms with Crippen molar-refractivity contribution in [2.45, 2.75) is 6.18 Å². The molecule has 4 aromatic rings. The lowest BCUT2D eigenvalue weighted by Crippen LogP contribution is -2.49. The third-order valence-electron chi connectivity index (χ3n) is 5.86. The first-order valence-electron chi connectivity index (χ1n) is 10.4. The van der Waals surface area contributed by atoms with Crippen LogP contribution in [0.3, 0.4) is 0 Å². The number of anilines is 1. The van der Waals surface area contributed by atoms with E-state index in [0.29, 0.717) is 48.6 Å². The lowest BCUT2D eigenvalue weighted by molar-refractivity contribution is -0.140. The molecule has 0 aliphatic carbocycles. The van der Waals surface area contributed by atoms with Gasteiger partial charge in [0.25, 0.3) is 5.91 Å². The summed E-state index contributed by atoms with van der Waals surface area (Å²) in [6.07, 6.45) is -1.11. The van der Waals surface area contributed by atoms with E-state index < -0.39 is 11.9 Å². The molecule has 4 aromatic heterocycles. The number of pyridine rings is 2. The molecule has 0 spiro atoms. The van der Waals surface area contributed by atoms with Crippen molar-refractivity contribution in [3.63, 3.8) is 0 Å². The average molecular weight is 472 g/mol. The first-order chi connectivity index (χ1) is 15.8. The van der Waals surface area contributed by atoms with Crippen LogP contribution in [0.2, 0.25) is 0 Å². The Labute approximate surface area is 191 Å². The SMILES string of the molecule is Cn1cccc1C(=O)N1CCN(c2ncc(-c3ccsc3)c3nc(C(F)(F)F)ccc23)CC1. The van der Waals surface area contributed by atoms with Crippen LogP contribution in [0.15, 0.2) is 53.5 Å². The number of fused-ring (bicyclic) bond motifs is 1. The van der Waals surface area contributed by atoms with Gasteiger partial charge in [0, 0.05) is 56.6 Å². The van der Waals surface area contributed by atoms with Gasteiger partial charge in [-0.2, -0.15) is 24.5 Å². The summed E-state index contributed by atoms with van der Waals surface area (Å²) in [5.41, 5.74) is 1.32. The highest BCUT2D eigenvalue weighted by molar-refractivity contribution is 7.08. The van der Waals surface area contributed by atoms with Gasteiger partial charge in [0.15, 0.2) is 0 Å².